The van der Waals surface area contributed by atoms with Crippen LogP contribution >= 0.6 is 31.9 Å². The number of alkyl halides is 4. The molecule has 1 atom stereocenters. The maximum absolute atomic E-state index is 13.2. The monoisotopic (exact) mass is 414 g/mol. The first kappa shape index (κ1) is 16.1. The predicted octanol–water partition coefficient (Wildman–Crippen LogP) is 5.01. The molecule has 0 saturated carbocycles. The van der Waals surface area contributed by atoms with Gasteiger partial charge < -0.3 is 4.90 Å². The fourth-order valence-electron chi connectivity index (χ4n) is 2.49. The zero-order chi connectivity index (χ0) is 14.8. The van der Waals surface area contributed by atoms with Gasteiger partial charge >= 0.3 is 6.18 Å². The van der Waals surface area contributed by atoms with Crippen LogP contribution in [0.3, 0.4) is 0 Å². The number of pyridine rings is 1. The van der Waals surface area contributed by atoms with Gasteiger partial charge in [0.1, 0.15) is 5.82 Å². The molecule has 0 aliphatic carbocycles. The Morgan fingerprint density at radius 2 is 2.05 bits per heavy atom. The minimum absolute atomic E-state index is 0.0482. The smallest absolute Gasteiger partial charge is 0.352 e. The molecule has 0 radical (unpaired) electrons. The van der Waals surface area contributed by atoms with E-state index >= 15 is 0 Å². The summed E-state index contributed by atoms with van der Waals surface area (Å²) >= 11 is 6.48. The van der Waals surface area contributed by atoms with E-state index in [9.17, 15) is 13.2 Å². The highest BCUT2D eigenvalue weighted by Gasteiger charge is 2.37. The minimum atomic E-state index is -4.39. The SMILES string of the molecule is FC(F)(F)c1cc(Br)cnc1N1CCCCCC1CBr. The molecule has 1 fully saturated rings. The van der Waals surface area contributed by atoms with Crippen LogP contribution < -0.4 is 4.90 Å². The topological polar surface area (TPSA) is 16.1 Å². The summed E-state index contributed by atoms with van der Waals surface area (Å²) in [5.74, 6) is 0.0482. The van der Waals surface area contributed by atoms with Gasteiger partial charge in [-0.15, -0.1) is 0 Å². The Morgan fingerprint density at radius 3 is 2.70 bits per heavy atom. The van der Waals surface area contributed by atoms with E-state index in [-0.39, 0.29) is 11.9 Å². The van der Waals surface area contributed by atoms with Gasteiger partial charge in [0.05, 0.1) is 5.56 Å². The molecule has 1 aliphatic heterocycles. The molecule has 112 valence electrons. The molecule has 1 saturated heterocycles. The van der Waals surface area contributed by atoms with Crippen LogP contribution in [0.4, 0.5) is 19.0 Å². The number of anilines is 1. The summed E-state index contributed by atoms with van der Waals surface area (Å²) in [6.45, 7) is 0.619. The molecule has 0 amide bonds. The lowest BCUT2D eigenvalue weighted by molar-refractivity contribution is -0.137. The van der Waals surface area contributed by atoms with Gasteiger partial charge in [0.2, 0.25) is 0 Å². The van der Waals surface area contributed by atoms with Crippen molar-refractivity contribution in [1.82, 2.24) is 4.98 Å². The number of hydrogen-bond acceptors (Lipinski definition) is 2. The molecule has 0 N–H and O–H groups in total. The van der Waals surface area contributed by atoms with E-state index < -0.39 is 11.7 Å². The highest BCUT2D eigenvalue weighted by molar-refractivity contribution is 9.10. The molecule has 1 aliphatic rings. The lowest BCUT2D eigenvalue weighted by Gasteiger charge is -2.31. The van der Waals surface area contributed by atoms with Crippen molar-refractivity contribution in [3.63, 3.8) is 0 Å². The highest BCUT2D eigenvalue weighted by atomic mass is 79.9. The number of nitrogens with zero attached hydrogens (tertiary/aromatic N) is 2. The molecule has 7 heteroatoms. The van der Waals surface area contributed by atoms with E-state index in [2.05, 4.69) is 36.8 Å². The summed E-state index contributed by atoms with van der Waals surface area (Å²) in [6, 6.07) is 1.17. The average Bonchev–Trinajstić information content (AvgIpc) is 2.62. The molecule has 0 bridgehead atoms. The molecule has 1 aromatic rings. The van der Waals surface area contributed by atoms with Crippen LogP contribution in [0.15, 0.2) is 16.7 Å². The summed E-state index contributed by atoms with van der Waals surface area (Å²) in [5.41, 5.74) is -0.667. The summed E-state index contributed by atoms with van der Waals surface area (Å²) in [6.07, 6.45) is 0.928. The molecule has 2 rings (SSSR count). The molecular weight excluding hydrogens is 401 g/mol. The van der Waals surface area contributed by atoms with Gasteiger partial charge in [0.15, 0.2) is 0 Å². The second-order valence-electron chi connectivity index (χ2n) is 4.87. The van der Waals surface area contributed by atoms with Crippen LogP contribution in [-0.2, 0) is 6.18 Å². The van der Waals surface area contributed by atoms with Crippen LogP contribution in [0.5, 0.6) is 0 Å². The van der Waals surface area contributed by atoms with Crippen LogP contribution in [0.2, 0.25) is 0 Å². The van der Waals surface area contributed by atoms with Gasteiger partial charge in [-0.05, 0) is 34.8 Å². The Balaban J connectivity index is 2.44. The maximum Gasteiger partial charge on any atom is 0.419 e. The molecule has 0 spiro atoms. The molecule has 1 unspecified atom stereocenters. The number of rotatable bonds is 2. The third-order valence-corrected chi connectivity index (χ3v) is 4.65. The zero-order valence-corrected chi connectivity index (χ0v) is 13.9. The largest absolute Gasteiger partial charge is 0.419 e. The van der Waals surface area contributed by atoms with Crippen molar-refractivity contribution in [3.8, 4) is 0 Å². The van der Waals surface area contributed by atoms with Crippen molar-refractivity contribution in [2.24, 2.45) is 0 Å². The molecule has 20 heavy (non-hydrogen) atoms. The van der Waals surface area contributed by atoms with Gasteiger partial charge in [-0.3, -0.25) is 0 Å². The Bertz CT molecular complexity index is 465. The minimum Gasteiger partial charge on any atom is -0.352 e. The fourth-order valence-corrected chi connectivity index (χ4v) is 3.49. The quantitative estimate of drug-likeness (QED) is 0.631. The molecule has 1 aromatic heterocycles. The highest BCUT2D eigenvalue weighted by Crippen LogP contribution is 2.38. The first-order chi connectivity index (χ1) is 9.43. The van der Waals surface area contributed by atoms with Crippen LogP contribution in [0.1, 0.15) is 31.2 Å². The van der Waals surface area contributed by atoms with E-state index in [0.717, 1.165) is 31.7 Å². The van der Waals surface area contributed by atoms with Gasteiger partial charge in [-0.25, -0.2) is 4.98 Å². The Morgan fingerprint density at radius 1 is 1.30 bits per heavy atom. The van der Waals surface area contributed by atoms with Crippen molar-refractivity contribution in [2.75, 3.05) is 16.8 Å². The van der Waals surface area contributed by atoms with Gasteiger partial charge in [0.25, 0.3) is 0 Å². The number of hydrogen-bond donors (Lipinski definition) is 0. The predicted molar refractivity (Wildman–Crippen MR) is 80.3 cm³/mol. The van der Waals surface area contributed by atoms with Crippen molar-refractivity contribution in [2.45, 2.75) is 37.9 Å². The van der Waals surface area contributed by atoms with E-state index in [1.807, 2.05) is 0 Å². The van der Waals surface area contributed by atoms with Gasteiger partial charge in [-0.2, -0.15) is 13.2 Å². The first-order valence-corrected chi connectivity index (χ1v) is 8.40. The Hall–Kier alpha value is -0.300. The second-order valence-corrected chi connectivity index (χ2v) is 6.44. The molecule has 0 aromatic carbocycles. The molecule has 2 heterocycles. The Kier molecular flexibility index (Phi) is 5.34. The van der Waals surface area contributed by atoms with Crippen molar-refractivity contribution in [3.05, 3.63) is 22.3 Å². The third-order valence-electron chi connectivity index (χ3n) is 3.47. The van der Waals surface area contributed by atoms with Gasteiger partial charge in [-0.1, -0.05) is 28.8 Å². The standard InChI is InChI=1S/C13H15Br2F3N2/c14-7-10-4-2-1-3-5-20(10)12-11(13(16,17)18)6-9(15)8-19-12/h6,8,10H,1-5,7H2. The Labute approximate surface area is 133 Å². The first-order valence-electron chi connectivity index (χ1n) is 6.49. The van der Waals surface area contributed by atoms with E-state index in [4.69, 9.17) is 0 Å². The summed E-state index contributed by atoms with van der Waals surface area (Å²) in [7, 11) is 0. The number of aromatic nitrogens is 1. The van der Waals surface area contributed by atoms with Gasteiger partial charge in [0, 0.05) is 28.6 Å². The fraction of sp³-hybridized carbons (Fsp3) is 0.615. The summed E-state index contributed by atoms with van der Waals surface area (Å²) in [5, 5.41) is 0.655. The van der Waals surface area contributed by atoms with Crippen LogP contribution in [-0.4, -0.2) is 22.9 Å². The van der Waals surface area contributed by atoms with Crippen LogP contribution in [0.25, 0.3) is 0 Å². The van der Waals surface area contributed by atoms with E-state index in [0.29, 0.717) is 16.3 Å². The zero-order valence-electron chi connectivity index (χ0n) is 10.8. The normalized spacial score (nSPS) is 20.9. The maximum atomic E-state index is 13.2. The van der Waals surface area contributed by atoms with Crippen LogP contribution in [0, 0.1) is 0 Å². The van der Waals surface area contributed by atoms with Crippen molar-refractivity contribution < 1.29 is 13.2 Å². The second kappa shape index (κ2) is 6.64. The van der Waals surface area contributed by atoms with E-state index in [1.54, 1.807) is 4.90 Å². The molecular formula is C13H15Br2F3N2. The summed E-state index contributed by atoms with van der Waals surface area (Å²) < 4.78 is 40.0. The summed E-state index contributed by atoms with van der Waals surface area (Å²) in [4.78, 5) is 5.85. The van der Waals surface area contributed by atoms with E-state index in [1.165, 1.54) is 6.20 Å². The lowest BCUT2D eigenvalue weighted by atomic mass is 10.1. The number of halogens is 5. The van der Waals surface area contributed by atoms with Crippen molar-refractivity contribution >= 4 is 37.7 Å². The van der Waals surface area contributed by atoms with Crippen molar-refractivity contribution in [1.29, 1.82) is 0 Å². The third kappa shape index (κ3) is 3.67. The average molecular weight is 416 g/mol. The molecule has 2 nitrogen and oxygen atoms in total. The lowest BCUT2D eigenvalue weighted by Crippen LogP contribution is -2.38.